The van der Waals surface area contributed by atoms with Gasteiger partial charge in [-0.05, 0) is 67.1 Å². The first-order valence-electron chi connectivity index (χ1n) is 7.79. The zero-order valence-electron chi connectivity index (χ0n) is 13.2. The minimum absolute atomic E-state index is 0.320. The monoisotopic (exact) mass is 280 g/mol. The van der Waals surface area contributed by atoms with E-state index in [1.54, 1.807) is 0 Å². The maximum absolute atomic E-state index is 3.62. The highest BCUT2D eigenvalue weighted by Crippen LogP contribution is 2.27. The standard InChI is InChI=1S/C19H24N2/c1-14(15-8-11-19(12-9-15)21(2)3)20-18-10-7-16-5-4-6-17(16)13-18/h7-14,20H,4-6H2,1-3H3. The molecule has 0 radical (unpaired) electrons. The first-order valence-corrected chi connectivity index (χ1v) is 7.79. The summed E-state index contributed by atoms with van der Waals surface area (Å²) >= 11 is 0. The zero-order chi connectivity index (χ0) is 14.8. The number of nitrogens with zero attached hydrogens (tertiary/aromatic N) is 1. The highest BCUT2D eigenvalue weighted by Gasteiger charge is 2.12. The molecule has 0 saturated heterocycles. The van der Waals surface area contributed by atoms with Crippen LogP contribution in [0.4, 0.5) is 11.4 Å². The van der Waals surface area contributed by atoms with Crippen LogP contribution in [0.1, 0.15) is 36.1 Å². The van der Waals surface area contributed by atoms with Crippen molar-refractivity contribution in [1.29, 1.82) is 0 Å². The summed E-state index contributed by atoms with van der Waals surface area (Å²) in [5.41, 5.74) is 6.85. The third kappa shape index (κ3) is 3.05. The predicted octanol–water partition coefficient (Wildman–Crippen LogP) is 4.41. The third-order valence-electron chi connectivity index (χ3n) is 4.39. The Bertz CT molecular complexity index is 614. The molecule has 1 N–H and O–H groups in total. The van der Waals surface area contributed by atoms with Crippen molar-refractivity contribution in [2.45, 2.75) is 32.2 Å². The molecule has 1 aliphatic rings. The Morgan fingerprint density at radius 2 is 1.67 bits per heavy atom. The molecule has 0 amide bonds. The van der Waals surface area contributed by atoms with E-state index >= 15 is 0 Å². The topological polar surface area (TPSA) is 15.3 Å². The van der Waals surface area contributed by atoms with Gasteiger partial charge in [0.1, 0.15) is 0 Å². The van der Waals surface area contributed by atoms with Gasteiger partial charge in [0.2, 0.25) is 0 Å². The van der Waals surface area contributed by atoms with Crippen LogP contribution < -0.4 is 10.2 Å². The van der Waals surface area contributed by atoms with Gasteiger partial charge in [0, 0.05) is 31.5 Å². The summed E-state index contributed by atoms with van der Waals surface area (Å²) in [6.45, 7) is 2.22. The lowest BCUT2D eigenvalue weighted by Gasteiger charge is -2.18. The molecule has 1 unspecified atom stereocenters. The molecule has 0 saturated carbocycles. The quantitative estimate of drug-likeness (QED) is 0.892. The highest BCUT2D eigenvalue weighted by atomic mass is 15.1. The van der Waals surface area contributed by atoms with Crippen molar-refractivity contribution in [2.75, 3.05) is 24.3 Å². The molecule has 0 heterocycles. The summed E-state index contributed by atoms with van der Waals surface area (Å²) in [4.78, 5) is 2.13. The van der Waals surface area contributed by atoms with Crippen LogP contribution in [0.15, 0.2) is 42.5 Å². The van der Waals surface area contributed by atoms with Crippen LogP contribution in [0.25, 0.3) is 0 Å². The van der Waals surface area contributed by atoms with Gasteiger partial charge in [-0.3, -0.25) is 0 Å². The van der Waals surface area contributed by atoms with Crippen molar-refractivity contribution >= 4 is 11.4 Å². The van der Waals surface area contributed by atoms with E-state index in [1.165, 1.54) is 47.3 Å². The number of fused-ring (bicyclic) bond motifs is 1. The van der Waals surface area contributed by atoms with Crippen LogP contribution in [-0.2, 0) is 12.8 Å². The van der Waals surface area contributed by atoms with Crippen LogP contribution in [0, 0.1) is 0 Å². The van der Waals surface area contributed by atoms with Crippen molar-refractivity contribution in [3.05, 3.63) is 59.2 Å². The number of anilines is 2. The molecular weight excluding hydrogens is 256 g/mol. The summed E-state index contributed by atoms with van der Waals surface area (Å²) in [7, 11) is 4.14. The lowest BCUT2D eigenvalue weighted by Crippen LogP contribution is -2.10. The molecule has 2 aromatic carbocycles. The molecule has 1 aliphatic carbocycles. The minimum atomic E-state index is 0.320. The molecule has 3 rings (SSSR count). The van der Waals surface area contributed by atoms with E-state index < -0.39 is 0 Å². The largest absolute Gasteiger partial charge is 0.379 e. The normalized spacial score (nSPS) is 14.6. The van der Waals surface area contributed by atoms with Gasteiger partial charge in [0.15, 0.2) is 0 Å². The van der Waals surface area contributed by atoms with Crippen LogP contribution in [-0.4, -0.2) is 14.1 Å². The van der Waals surface area contributed by atoms with Gasteiger partial charge >= 0.3 is 0 Å². The van der Waals surface area contributed by atoms with Gasteiger partial charge in [0.25, 0.3) is 0 Å². The first kappa shape index (κ1) is 14.0. The molecular formula is C19H24N2. The summed E-state index contributed by atoms with van der Waals surface area (Å²) in [5, 5.41) is 3.62. The second kappa shape index (κ2) is 5.80. The van der Waals surface area contributed by atoms with Gasteiger partial charge in [-0.15, -0.1) is 0 Å². The lowest BCUT2D eigenvalue weighted by atomic mass is 10.1. The maximum atomic E-state index is 3.62. The number of aryl methyl sites for hydroxylation is 2. The fourth-order valence-electron chi connectivity index (χ4n) is 3.06. The number of benzene rings is 2. The van der Waals surface area contributed by atoms with Crippen molar-refractivity contribution in [1.82, 2.24) is 0 Å². The summed E-state index contributed by atoms with van der Waals surface area (Å²) in [6.07, 6.45) is 3.79. The molecule has 1 atom stereocenters. The minimum Gasteiger partial charge on any atom is -0.379 e. The Morgan fingerprint density at radius 3 is 2.38 bits per heavy atom. The van der Waals surface area contributed by atoms with Crippen molar-refractivity contribution in [2.24, 2.45) is 0 Å². The van der Waals surface area contributed by atoms with E-state index in [0.29, 0.717) is 6.04 Å². The summed E-state index contributed by atoms with van der Waals surface area (Å²) in [6, 6.07) is 15.9. The Morgan fingerprint density at radius 1 is 0.952 bits per heavy atom. The van der Waals surface area contributed by atoms with Crippen LogP contribution in [0.5, 0.6) is 0 Å². The smallest absolute Gasteiger partial charge is 0.0485 e. The van der Waals surface area contributed by atoms with Gasteiger partial charge in [-0.2, -0.15) is 0 Å². The van der Waals surface area contributed by atoms with Gasteiger partial charge in [0.05, 0.1) is 0 Å². The molecule has 21 heavy (non-hydrogen) atoms. The lowest BCUT2D eigenvalue weighted by molar-refractivity contribution is 0.883. The number of nitrogens with one attached hydrogen (secondary N) is 1. The van der Waals surface area contributed by atoms with Crippen molar-refractivity contribution in [3.63, 3.8) is 0 Å². The van der Waals surface area contributed by atoms with E-state index in [1.807, 2.05) is 0 Å². The molecule has 0 aromatic heterocycles. The average Bonchev–Trinajstić information content (AvgIpc) is 2.95. The number of rotatable bonds is 4. The maximum Gasteiger partial charge on any atom is 0.0485 e. The van der Waals surface area contributed by atoms with Crippen molar-refractivity contribution < 1.29 is 0 Å². The Kier molecular flexibility index (Phi) is 3.87. The molecule has 0 fully saturated rings. The second-order valence-corrected chi connectivity index (χ2v) is 6.19. The van der Waals surface area contributed by atoms with E-state index in [-0.39, 0.29) is 0 Å². The van der Waals surface area contributed by atoms with Gasteiger partial charge in [-0.25, -0.2) is 0 Å². The fraction of sp³-hybridized carbons (Fsp3) is 0.368. The van der Waals surface area contributed by atoms with Crippen LogP contribution in [0.2, 0.25) is 0 Å². The molecule has 2 nitrogen and oxygen atoms in total. The first-order chi connectivity index (χ1) is 10.1. The molecule has 2 aromatic rings. The Labute approximate surface area is 127 Å². The molecule has 110 valence electrons. The van der Waals surface area contributed by atoms with Gasteiger partial charge < -0.3 is 10.2 Å². The Hall–Kier alpha value is -1.96. The van der Waals surface area contributed by atoms with Crippen molar-refractivity contribution in [3.8, 4) is 0 Å². The van der Waals surface area contributed by atoms with Crippen LogP contribution >= 0.6 is 0 Å². The molecule has 2 heteroatoms. The number of hydrogen-bond acceptors (Lipinski definition) is 2. The number of hydrogen-bond donors (Lipinski definition) is 1. The van der Waals surface area contributed by atoms with Crippen LogP contribution in [0.3, 0.4) is 0 Å². The molecule has 0 bridgehead atoms. The van der Waals surface area contributed by atoms with E-state index in [0.717, 1.165) is 0 Å². The second-order valence-electron chi connectivity index (χ2n) is 6.19. The Balaban J connectivity index is 1.72. The van der Waals surface area contributed by atoms with E-state index in [4.69, 9.17) is 0 Å². The van der Waals surface area contributed by atoms with E-state index in [9.17, 15) is 0 Å². The SMILES string of the molecule is CC(Nc1ccc2c(c1)CCC2)c1ccc(N(C)C)cc1. The third-order valence-corrected chi connectivity index (χ3v) is 4.39. The van der Waals surface area contributed by atoms with Gasteiger partial charge in [-0.1, -0.05) is 18.2 Å². The molecule has 0 spiro atoms. The average molecular weight is 280 g/mol. The van der Waals surface area contributed by atoms with E-state index in [2.05, 4.69) is 73.7 Å². The summed E-state index contributed by atoms with van der Waals surface area (Å²) in [5.74, 6) is 0. The highest BCUT2D eigenvalue weighted by molar-refractivity contribution is 5.52. The fourth-order valence-corrected chi connectivity index (χ4v) is 3.06. The zero-order valence-corrected chi connectivity index (χ0v) is 13.2. The summed E-state index contributed by atoms with van der Waals surface area (Å²) < 4.78 is 0. The predicted molar refractivity (Wildman–Crippen MR) is 91.3 cm³/mol. The molecule has 0 aliphatic heterocycles.